The average Bonchev–Trinajstić information content (AvgIpc) is 2.94. The summed E-state index contributed by atoms with van der Waals surface area (Å²) < 4.78 is 0. The second-order valence-electron chi connectivity index (χ2n) is 7.20. The number of carbonyl (C=O) groups excluding carboxylic acids is 1. The molecule has 1 saturated carbocycles. The number of fused-ring (bicyclic) bond motifs is 1. The fourth-order valence-electron chi connectivity index (χ4n) is 4.64. The number of para-hydroxylation sites is 1. The molecule has 128 valence electrons. The van der Waals surface area contributed by atoms with Gasteiger partial charge in [0.05, 0.1) is 5.69 Å². The summed E-state index contributed by atoms with van der Waals surface area (Å²) in [6.07, 6.45) is 8.76. The number of anilines is 1. The number of oxime groups is 1. The van der Waals surface area contributed by atoms with E-state index in [1.807, 2.05) is 29.2 Å². The van der Waals surface area contributed by atoms with Crippen molar-refractivity contribution in [3.8, 4) is 0 Å². The summed E-state index contributed by atoms with van der Waals surface area (Å²) in [6.45, 7) is 2.12. The summed E-state index contributed by atoms with van der Waals surface area (Å²) in [5.41, 5.74) is 1.83. The first-order valence-corrected chi connectivity index (χ1v) is 9.18. The van der Waals surface area contributed by atoms with E-state index < -0.39 is 0 Å². The average molecular weight is 327 g/mol. The van der Waals surface area contributed by atoms with Crippen LogP contribution >= 0.6 is 0 Å². The van der Waals surface area contributed by atoms with Crippen LogP contribution in [0.25, 0.3) is 0 Å². The molecule has 0 atom stereocenters. The molecule has 0 aromatic heterocycles. The zero-order chi connectivity index (χ0) is 16.5. The van der Waals surface area contributed by atoms with Crippen LogP contribution in [0.2, 0.25) is 0 Å². The highest BCUT2D eigenvalue weighted by Crippen LogP contribution is 2.34. The molecule has 1 aromatic rings. The quantitative estimate of drug-likeness (QED) is 0.671. The van der Waals surface area contributed by atoms with Crippen LogP contribution in [0.3, 0.4) is 0 Å². The van der Waals surface area contributed by atoms with Crippen LogP contribution in [0, 0.1) is 0 Å². The second-order valence-corrected chi connectivity index (χ2v) is 7.20. The van der Waals surface area contributed by atoms with Gasteiger partial charge in [-0.3, -0.25) is 4.79 Å². The van der Waals surface area contributed by atoms with Crippen LogP contribution in [-0.2, 0) is 4.79 Å². The number of piperidine rings is 1. The van der Waals surface area contributed by atoms with Crippen molar-refractivity contribution in [2.75, 3.05) is 18.0 Å². The van der Waals surface area contributed by atoms with Gasteiger partial charge in [0, 0.05) is 30.7 Å². The summed E-state index contributed by atoms with van der Waals surface area (Å²) in [4.78, 5) is 17.2. The maximum Gasteiger partial charge on any atom is 0.281 e. The molecule has 0 spiro atoms. The zero-order valence-electron chi connectivity index (χ0n) is 14.0. The normalized spacial score (nSPS) is 25.4. The van der Waals surface area contributed by atoms with Crippen LogP contribution in [0.15, 0.2) is 29.4 Å². The molecule has 0 bridgehead atoms. The van der Waals surface area contributed by atoms with E-state index in [4.69, 9.17) is 0 Å². The lowest BCUT2D eigenvalue weighted by molar-refractivity contribution is -0.113. The molecule has 0 unspecified atom stereocenters. The van der Waals surface area contributed by atoms with Crippen molar-refractivity contribution < 1.29 is 10.0 Å². The lowest BCUT2D eigenvalue weighted by Gasteiger charge is -2.41. The smallest absolute Gasteiger partial charge is 0.281 e. The summed E-state index contributed by atoms with van der Waals surface area (Å²) in [5, 5.41) is 12.5. The molecule has 2 fully saturated rings. The lowest BCUT2D eigenvalue weighted by atomic mass is 9.92. The molecule has 2 heterocycles. The Kier molecular flexibility index (Phi) is 4.27. The summed E-state index contributed by atoms with van der Waals surface area (Å²) in [5.74, 6) is -0.158. The molecule has 5 nitrogen and oxygen atoms in total. The third kappa shape index (κ3) is 2.61. The molecule has 1 amide bonds. The van der Waals surface area contributed by atoms with Crippen molar-refractivity contribution in [2.24, 2.45) is 5.16 Å². The van der Waals surface area contributed by atoms with Crippen molar-refractivity contribution in [1.82, 2.24) is 4.90 Å². The van der Waals surface area contributed by atoms with Crippen molar-refractivity contribution in [3.63, 3.8) is 0 Å². The fraction of sp³-hybridized carbons (Fsp3) is 0.579. The summed E-state index contributed by atoms with van der Waals surface area (Å²) >= 11 is 0. The number of hydrogen-bond donors (Lipinski definition) is 1. The minimum Gasteiger partial charge on any atom is -0.410 e. The van der Waals surface area contributed by atoms with Gasteiger partial charge in [0.1, 0.15) is 0 Å². The molecule has 1 saturated heterocycles. The zero-order valence-corrected chi connectivity index (χ0v) is 14.0. The Bertz CT molecular complexity index is 644. The van der Waals surface area contributed by atoms with Gasteiger partial charge in [-0.25, -0.2) is 0 Å². The highest BCUT2D eigenvalue weighted by molar-refractivity contribution is 6.54. The van der Waals surface area contributed by atoms with E-state index in [0.717, 1.165) is 43.2 Å². The second kappa shape index (κ2) is 6.55. The van der Waals surface area contributed by atoms with Gasteiger partial charge in [-0.1, -0.05) is 42.6 Å². The number of benzene rings is 1. The van der Waals surface area contributed by atoms with E-state index in [-0.39, 0.29) is 17.7 Å². The van der Waals surface area contributed by atoms with E-state index >= 15 is 0 Å². The van der Waals surface area contributed by atoms with Crippen molar-refractivity contribution in [3.05, 3.63) is 29.8 Å². The molecule has 4 rings (SSSR count). The molecular weight excluding hydrogens is 302 g/mol. The largest absolute Gasteiger partial charge is 0.410 e. The summed E-state index contributed by atoms with van der Waals surface area (Å²) in [7, 11) is 0. The van der Waals surface area contributed by atoms with Crippen LogP contribution in [-0.4, -0.2) is 46.9 Å². The Labute approximate surface area is 142 Å². The maximum atomic E-state index is 12.7. The Hall–Kier alpha value is -1.88. The van der Waals surface area contributed by atoms with Crippen LogP contribution in [0.5, 0.6) is 0 Å². The predicted molar refractivity (Wildman–Crippen MR) is 93.7 cm³/mol. The van der Waals surface area contributed by atoms with Gasteiger partial charge in [0.25, 0.3) is 5.91 Å². The van der Waals surface area contributed by atoms with Crippen molar-refractivity contribution in [1.29, 1.82) is 0 Å². The predicted octanol–water partition coefficient (Wildman–Crippen LogP) is 3.01. The van der Waals surface area contributed by atoms with Gasteiger partial charge < -0.3 is 15.0 Å². The van der Waals surface area contributed by atoms with Gasteiger partial charge in [-0.05, 0) is 31.7 Å². The Morgan fingerprint density at radius 1 is 0.958 bits per heavy atom. The maximum absolute atomic E-state index is 12.7. The van der Waals surface area contributed by atoms with E-state index in [1.165, 1.54) is 32.1 Å². The van der Waals surface area contributed by atoms with Crippen LogP contribution in [0.4, 0.5) is 5.69 Å². The van der Waals surface area contributed by atoms with Crippen molar-refractivity contribution >= 4 is 17.3 Å². The van der Waals surface area contributed by atoms with Gasteiger partial charge in [0.15, 0.2) is 5.71 Å². The number of amides is 1. The first-order valence-electron chi connectivity index (χ1n) is 9.18. The van der Waals surface area contributed by atoms with Gasteiger partial charge in [-0.2, -0.15) is 0 Å². The monoisotopic (exact) mass is 327 g/mol. The Morgan fingerprint density at radius 2 is 1.67 bits per heavy atom. The molecule has 5 heteroatoms. The molecule has 1 aliphatic carbocycles. The molecule has 0 radical (unpaired) electrons. The number of hydrogen-bond acceptors (Lipinski definition) is 4. The van der Waals surface area contributed by atoms with E-state index in [2.05, 4.69) is 10.1 Å². The minimum absolute atomic E-state index is 0.158. The van der Waals surface area contributed by atoms with Gasteiger partial charge in [-0.15, -0.1) is 0 Å². The molecule has 1 aromatic carbocycles. The van der Waals surface area contributed by atoms with E-state index in [0.29, 0.717) is 0 Å². The third-order valence-corrected chi connectivity index (χ3v) is 5.90. The molecule has 24 heavy (non-hydrogen) atoms. The Morgan fingerprint density at radius 3 is 2.38 bits per heavy atom. The number of likely N-dealkylation sites (tertiary alicyclic amines) is 1. The van der Waals surface area contributed by atoms with Crippen LogP contribution < -0.4 is 4.90 Å². The van der Waals surface area contributed by atoms with Gasteiger partial charge in [0.2, 0.25) is 0 Å². The highest BCUT2D eigenvalue weighted by atomic mass is 16.4. The number of carbonyl (C=O) groups is 1. The molecule has 1 N–H and O–H groups in total. The van der Waals surface area contributed by atoms with E-state index in [9.17, 15) is 10.0 Å². The van der Waals surface area contributed by atoms with Gasteiger partial charge >= 0.3 is 0 Å². The first-order chi connectivity index (χ1) is 11.8. The highest BCUT2D eigenvalue weighted by Gasteiger charge is 2.40. The number of rotatable bonds is 2. The SMILES string of the molecule is O=C1/C(=N\O)c2ccccc2N1C1CCN(C2CCCCC2)CC1. The lowest BCUT2D eigenvalue weighted by Crippen LogP contribution is -2.50. The molecule has 2 aliphatic heterocycles. The molecule has 3 aliphatic rings. The summed E-state index contributed by atoms with van der Waals surface area (Å²) in [6, 6.07) is 8.59. The van der Waals surface area contributed by atoms with Crippen molar-refractivity contribution in [2.45, 2.75) is 57.0 Å². The fourth-order valence-corrected chi connectivity index (χ4v) is 4.64. The van der Waals surface area contributed by atoms with E-state index in [1.54, 1.807) is 0 Å². The Balaban J connectivity index is 1.48. The minimum atomic E-state index is -0.158. The topological polar surface area (TPSA) is 56.1 Å². The third-order valence-electron chi connectivity index (χ3n) is 5.90. The van der Waals surface area contributed by atoms with Crippen LogP contribution in [0.1, 0.15) is 50.5 Å². The standard InChI is InChI=1S/C19H25N3O2/c23-19-18(20-24)16-8-4-5-9-17(16)22(19)15-10-12-21(13-11-15)14-6-2-1-3-7-14/h4-5,8-9,14-15,24H,1-3,6-7,10-13H2/b20-18-. The first kappa shape index (κ1) is 15.6. The number of nitrogens with zero attached hydrogens (tertiary/aromatic N) is 3. The molecular formula is C19H25N3O2.